The van der Waals surface area contributed by atoms with Gasteiger partial charge in [-0.1, -0.05) is 6.42 Å². The molecule has 1 aliphatic rings. The van der Waals surface area contributed by atoms with Crippen LogP contribution in [0.5, 0.6) is 0 Å². The van der Waals surface area contributed by atoms with Gasteiger partial charge in [0, 0.05) is 26.6 Å². The summed E-state index contributed by atoms with van der Waals surface area (Å²) in [6.45, 7) is 1.16. The van der Waals surface area contributed by atoms with E-state index in [1.807, 2.05) is 14.1 Å². The first kappa shape index (κ1) is 11.5. The minimum Gasteiger partial charge on any atom is -0.349 e. The van der Waals surface area contributed by atoms with Crippen LogP contribution >= 0.6 is 0 Å². The number of carbonyl (C=O) groups excluding carboxylic acids is 1. The second-order valence-corrected chi connectivity index (χ2v) is 4.33. The summed E-state index contributed by atoms with van der Waals surface area (Å²) in [6.07, 6.45) is 6.82. The molecule has 1 N–H and O–H groups in total. The van der Waals surface area contributed by atoms with Gasteiger partial charge in [-0.25, -0.2) is 0 Å². The minimum absolute atomic E-state index is 0.251. The Morgan fingerprint density at radius 1 is 1.43 bits per heavy atom. The van der Waals surface area contributed by atoms with Gasteiger partial charge in [0.2, 0.25) is 5.91 Å². The van der Waals surface area contributed by atoms with E-state index in [2.05, 4.69) is 5.32 Å². The molecule has 1 amide bonds. The Kier molecular flexibility index (Phi) is 4.94. The zero-order valence-corrected chi connectivity index (χ0v) is 9.38. The summed E-state index contributed by atoms with van der Waals surface area (Å²) < 4.78 is 0. The zero-order valence-electron chi connectivity index (χ0n) is 9.38. The molecule has 0 saturated carbocycles. The second kappa shape index (κ2) is 6.02. The highest BCUT2D eigenvalue weighted by Crippen LogP contribution is 2.12. The second-order valence-electron chi connectivity index (χ2n) is 4.33. The summed E-state index contributed by atoms with van der Waals surface area (Å²) in [5.74, 6) is 0.251. The number of rotatable bonds is 4. The lowest BCUT2D eigenvalue weighted by molar-refractivity contribution is -0.128. The van der Waals surface area contributed by atoms with E-state index < -0.39 is 0 Å². The van der Waals surface area contributed by atoms with Gasteiger partial charge in [-0.2, -0.15) is 0 Å². The molecule has 0 spiro atoms. The maximum atomic E-state index is 11.3. The number of nitrogens with zero attached hydrogens (tertiary/aromatic N) is 1. The van der Waals surface area contributed by atoms with E-state index in [1.165, 1.54) is 19.3 Å². The summed E-state index contributed by atoms with van der Waals surface area (Å²) in [4.78, 5) is 13.0. The van der Waals surface area contributed by atoms with Gasteiger partial charge in [-0.05, 0) is 32.2 Å². The molecule has 82 valence electrons. The molecule has 1 aliphatic heterocycles. The molecule has 14 heavy (non-hydrogen) atoms. The van der Waals surface area contributed by atoms with Gasteiger partial charge in [-0.15, -0.1) is 0 Å². The van der Waals surface area contributed by atoms with Crippen LogP contribution in [0.2, 0.25) is 0 Å². The fourth-order valence-corrected chi connectivity index (χ4v) is 1.89. The molecule has 0 aromatic rings. The third kappa shape index (κ3) is 4.09. The molecule has 3 nitrogen and oxygen atoms in total. The highest BCUT2D eigenvalue weighted by Gasteiger charge is 2.12. The Hall–Kier alpha value is -0.570. The number of hydrogen-bond donors (Lipinski definition) is 1. The van der Waals surface area contributed by atoms with Gasteiger partial charge in [-0.3, -0.25) is 4.79 Å². The fraction of sp³-hybridized carbons (Fsp3) is 0.909. The molecular weight excluding hydrogens is 176 g/mol. The third-order valence-corrected chi connectivity index (χ3v) is 2.85. The lowest BCUT2D eigenvalue weighted by atomic mass is 9.99. The lowest BCUT2D eigenvalue weighted by Gasteiger charge is -2.23. The molecule has 0 aliphatic carbocycles. The number of carbonyl (C=O) groups is 1. The van der Waals surface area contributed by atoms with Crippen LogP contribution in [-0.4, -0.2) is 37.5 Å². The van der Waals surface area contributed by atoms with Crippen molar-refractivity contribution in [1.82, 2.24) is 10.2 Å². The Bertz CT molecular complexity index is 174. The first-order valence-electron chi connectivity index (χ1n) is 5.63. The molecule has 1 atom stereocenters. The number of hydrogen-bond acceptors (Lipinski definition) is 2. The highest BCUT2D eigenvalue weighted by atomic mass is 16.2. The van der Waals surface area contributed by atoms with Gasteiger partial charge >= 0.3 is 0 Å². The van der Waals surface area contributed by atoms with E-state index in [4.69, 9.17) is 0 Å². The van der Waals surface area contributed by atoms with E-state index in [-0.39, 0.29) is 5.91 Å². The Morgan fingerprint density at radius 2 is 2.21 bits per heavy atom. The molecule has 3 heteroatoms. The van der Waals surface area contributed by atoms with Gasteiger partial charge in [0.1, 0.15) is 0 Å². The van der Waals surface area contributed by atoms with Crippen molar-refractivity contribution in [3.05, 3.63) is 0 Å². The fourth-order valence-electron chi connectivity index (χ4n) is 1.89. The minimum atomic E-state index is 0.251. The van der Waals surface area contributed by atoms with Crippen LogP contribution in [0.1, 0.15) is 38.5 Å². The average Bonchev–Trinajstić information content (AvgIpc) is 2.19. The van der Waals surface area contributed by atoms with Crippen molar-refractivity contribution in [3.8, 4) is 0 Å². The SMILES string of the molecule is CN(C)C(=O)CCCC1CCCCN1. The van der Waals surface area contributed by atoms with Crippen molar-refractivity contribution in [2.45, 2.75) is 44.6 Å². The van der Waals surface area contributed by atoms with Gasteiger partial charge in [0.25, 0.3) is 0 Å². The van der Waals surface area contributed by atoms with E-state index in [0.717, 1.165) is 19.4 Å². The van der Waals surface area contributed by atoms with Crippen LogP contribution in [0, 0.1) is 0 Å². The van der Waals surface area contributed by atoms with Crippen LogP contribution in [0.3, 0.4) is 0 Å². The molecule has 0 radical (unpaired) electrons. The number of piperidine rings is 1. The molecule has 0 aromatic heterocycles. The summed E-state index contributed by atoms with van der Waals surface area (Å²) in [7, 11) is 3.64. The van der Waals surface area contributed by atoms with Crippen LogP contribution in [-0.2, 0) is 4.79 Å². The Morgan fingerprint density at radius 3 is 2.79 bits per heavy atom. The van der Waals surface area contributed by atoms with Crippen molar-refractivity contribution in [2.24, 2.45) is 0 Å². The predicted molar refractivity (Wildman–Crippen MR) is 58.2 cm³/mol. The standard InChI is InChI=1S/C11H22N2O/c1-13(2)11(14)8-5-7-10-6-3-4-9-12-10/h10,12H,3-9H2,1-2H3. The molecule has 1 rings (SSSR count). The largest absolute Gasteiger partial charge is 0.349 e. The number of amides is 1. The van der Waals surface area contributed by atoms with Crippen LogP contribution in [0.15, 0.2) is 0 Å². The zero-order chi connectivity index (χ0) is 10.4. The van der Waals surface area contributed by atoms with Crippen LogP contribution < -0.4 is 5.32 Å². The summed E-state index contributed by atoms with van der Waals surface area (Å²) in [6, 6.07) is 0.665. The predicted octanol–water partition coefficient (Wildman–Crippen LogP) is 1.39. The van der Waals surface area contributed by atoms with Crippen molar-refractivity contribution in [2.75, 3.05) is 20.6 Å². The quantitative estimate of drug-likeness (QED) is 0.740. The Balaban J connectivity index is 2.05. The normalized spacial score (nSPS) is 22.0. The maximum absolute atomic E-state index is 11.3. The van der Waals surface area contributed by atoms with Gasteiger partial charge < -0.3 is 10.2 Å². The van der Waals surface area contributed by atoms with E-state index in [0.29, 0.717) is 12.5 Å². The Labute approximate surface area is 86.9 Å². The monoisotopic (exact) mass is 198 g/mol. The molecule has 1 heterocycles. The van der Waals surface area contributed by atoms with Gasteiger partial charge in [0.05, 0.1) is 0 Å². The smallest absolute Gasteiger partial charge is 0.222 e. The molecular formula is C11H22N2O. The summed E-state index contributed by atoms with van der Waals surface area (Å²) in [5, 5.41) is 3.50. The molecule has 1 unspecified atom stereocenters. The molecule has 0 bridgehead atoms. The van der Waals surface area contributed by atoms with E-state index >= 15 is 0 Å². The van der Waals surface area contributed by atoms with Crippen LogP contribution in [0.4, 0.5) is 0 Å². The van der Waals surface area contributed by atoms with Crippen molar-refractivity contribution >= 4 is 5.91 Å². The first-order chi connectivity index (χ1) is 6.70. The summed E-state index contributed by atoms with van der Waals surface area (Å²) >= 11 is 0. The topological polar surface area (TPSA) is 32.3 Å². The van der Waals surface area contributed by atoms with Crippen molar-refractivity contribution in [3.63, 3.8) is 0 Å². The molecule has 1 saturated heterocycles. The first-order valence-corrected chi connectivity index (χ1v) is 5.63. The molecule has 0 aromatic carbocycles. The van der Waals surface area contributed by atoms with Crippen molar-refractivity contribution in [1.29, 1.82) is 0 Å². The lowest BCUT2D eigenvalue weighted by Crippen LogP contribution is -2.34. The number of nitrogens with one attached hydrogen (secondary N) is 1. The third-order valence-electron chi connectivity index (χ3n) is 2.85. The highest BCUT2D eigenvalue weighted by molar-refractivity contribution is 5.75. The van der Waals surface area contributed by atoms with E-state index in [9.17, 15) is 4.79 Å². The summed E-state index contributed by atoms with van der Waals surface area (Å²) in [5.41, 5.74) is 0. The van der Waals surface area contributed by atoms with Crippen molar-refractivity contribution < 1.29 is 4.79 Å². The maximum Gasteiger partial charge on any atom is 0.222 e. The van der Waals surface area contributed by atoms with E-state index in [1.54, 1.807) is 4.90 Å². The average molecular weight is 198 g/mol. The van der Waals surface area contributed by atoms with Gasteiger partial charge in [0.15, 0.2) is 0 Å². The molecule has 1 fully saturated rings. The van der Waals surface area contributed by atoms with Crippen LogP contribution in [0.25, 0.3) is 0 Å².